The van der Waals surface area contributed by atoms with Crippen LogP contribution in [0.2, 0.25) is 0 Å². The fraction of sp³-hybridized carbons (Fsp3) is 0.545. The van der Waals surface area contributed by atoms with Crippen molar-refractivity contribution in [2.75, 3.05) is 6.61 Å². The maximum Gasteiger partial charge on any atom is 0.303 e. The summed E-state index contributed by atoms with van der Waals surface area (Å²) in [6.45, 7) is 8.68. The molecule has 1 aromatic heterocycles. The first-order valence-electron chi connectivity index (χ1n) is 10.3. The van der Waals surface area contributed by atoms with E-state index in [0.29, 0.717) is 0 Å². The lowest BCUT2D eigenvalue weighted by Crippen LogP contribution is -2.60. The Morgan fingerprint density at radius 2 is 1.79 bits per heavy atom. The molecule has 2 fully saturated rings. The van der Waals surface area contributed by atoms with Crippen molar-refractivity contribution in [1.29, 1.82) is 0 Å². The summed E-state index contributed by atoms with van der Waals surface area (Å²) in [4.78, 5) is 39.0. The van der Waals surface area contributed by atoms with Crippen molar-refractivity contribution >= 4 is 24.0 Å². The Balaban J connectivity index is 1.78. The molecule has 0 bridgehead atoms. The maximum atomic E-state index is 11.8. The van der Waals surface area contributed by atoms with Gasteiger partial charge in [-0.25, -0.2) is 0 Å². The van der Waals surface area contributed by atoms with Crippen molar-refractivity contribution in [3.63, 3.8) is 0 Å². The molecule has 11 nitrogen and oxygen atoms in total. The molecule has 0 saturated carbocycles. The van der Waals surface area contributed by atoms with Gasteiger partial charge in [-0.05, 0) is 17.7 Å². The molecule has 4 unspecified atom stereocenters. The normalized spacial score (nSPS) is 30.7. The Bertz CT molecular complexity index is 888. The van der Waals surface area contributed by atoms with Crippen LogP contribution in [0.25, 0.3) is 6.08 Å². The van der Waals surface area contributed by atoms with Gasteiger partial charge in [0.2, 0.25) is 0 Å². The molecule has 33 heavy (non-hydrogen) atoms. The zero-order valence-electron chi connectivity index (χ0n) is 18.8. The number of hydrogen-bond donors (Lipinski definition) is 0. The van der Waals surface area contributed by atoms with Crippen LogP contribution in [-0.2, 0) is 54.1 Å². The van der Waals surface area contributed by atoms with E-state index in [2.05, 4.69) is 11.6 Å². The van der Waals surface area contributed by atoms with Crippen LogP contribution in [0.4, 0.5) is 0 Å². The van der Waals surface area contributed by atoms with Crippen molar-refractivity contribution in [2.24, 2.45) is 0 Å². The largest absolute Gasteiger partial charge is 0.463 e. The van der Waals surface area contributed by atoms with E-state index in [-0.39, 0.29) is 13.2 Å². The van der Waals surface area contributed by atoms with Gasteiger partial charge in [0.05, 0.1) is 12.3 Å². The van der Waals surface area contributed by atoms with Gasteiger partial charge in [-0.2, -0.15) is 0 Å². The van der Waals surface area contributed by atoms with Gasteiger partial charge in [-0.1, -0.05) is 12.6 Å². The minimum Gasteiger partial charge on any atom is -0.463 e. The fourth-order valence-electron chi connectivity index (χ4n) is 3.50. The van der Waals surface area contributed by atoms with Crippen molar-refractivity contribution in [2.45, 2.75) is 71.0 Å². The summed E-state index contributed by atoms with van der Waals surface area (Å²) in [6.07, 6.45) is -1.93. The minimum absolute atomic E-state index is 0.100. The molecule has 0 spiro atoms. The number of hydrogen-bond acceptors (Lipinski definition) is 11. The van der Waals surface area contributed by atoms with Crippen LogP contribution >= 0.6 is 0 Å². The third kappa shape index (κ3) is 6.35. The highest BCUT2D eigenvalue weighted by atomic mass is 16.9. The van der Waals surface area contributed by atoms with Gasteiger partial charge >= 0.3 is 17.9 Å². The molecular formula is C22H27NO10. The van der Waals surface area contributed by atoms with Crippen LogP contribution < -0.4 is 0 Å². The van der Waals surface area contributed by atoms with Crippen LogP contribution in [0.3, 0.4) is 0 Å². The van der Waals surface area contributed by atoms with E-state index >= 15 is 0 Å². The zero-order valence-corrected chi connectivity index (χ0v) is 18.8. The smallest absolute Gasteiger partial charge is 0.303 e. The lowest BCUT2D eigenvalue weighted by atomic mass is 9.98. The van der Waals surface area contributed by atoms with Gasteiger partial charge in [0.1, 0.15) is 12.7 Å². The van der Waals surface area contributed by atoms with Gasteiger partial charge in [0.15, 0.2) is 24.6 Å². The predicted molar refractivity (Wildman–Crippen MR) is 110 cm³/mol. The molecule has 2 aliphatic heterocycles. The standard InChI is InChI=1S/C22H27NO10/c1-6-16-8-7-15(9-23-16)10-28-22(5)32-20-19(30-14(4)26)18(29-13(3)25)17(11-27-12(2)24)31-21(20)33-22/h6-9,17-21H,1,10-11H2,2-5H3/t17?,18-,19?,20?,21-,22?/m1/s1. The molecule has 0 amide bonds. The monoisotopic (exact) mass is 465 g/mol. The lowest BCUT2D eigenvalue weighted by molar-refractivity contribution is -0.349. The molecule has 0 N–H and O–H groups in total. The van der Waals surface area contributed by atoms with E-state index in [0.717, 1.165) is 11.3 Å². The predicted octanol–water partition coefficient (Wildman–Crippen LogP) is 1.48. The van der Waals surface area contributed by atoms with Crippen molar-refractivity contribution in [3.05, 3.63) is 36.2 Å². The van der Waals surface area contributed by atoms with E-state index < -0.39 is 54.6 Å². The average molecular weight is 465 g/mol. The number of aromatic nitrogens is 1. The SMILES string of the molecule is C=Cc1ccc(COC2(C)OC3C(OC(C)=O)[C@H](OC(C)=O)C(COC(C)=O)O[C@@H]3O2)cn1. The lowest BCUT2D eigenvalue weighted by Gasteiger charge is -2.40. The highest BCUT2D eigenvalue weighted by molar-refractivity contribution is 5.68. The number of esters is 3. The van der Waals surface area contributed by atoms with Crippen LogP contribution in [-0.4, -0.2) is 66.2 Å². The summed E-state index contributed by atoms with van der Waals surface area (Å²) in [5.41, 5.74) is 1.48. The molecule has 1 aromatic rings. The Morgan fingerprint density at radius 1 is 1.09 bits per heavy atom. The number of nitrogens with zero attached hydrogens (tertiary/aromatic N) is 1. The first-order chi connectivity index (χ1) is 15.6. The molecule has 0 aromatic carbocycles. The molecule has 6 atom stereocenters. The topological polar surface area (TPSA) is 129 Å². The summed E-state index contributed by atoms with van der Waals surface area (Å²) in [6, 6.07) is 3.60. The number of carbonyl (C=O) groups is 3. The number of rotatable bonds is 8. The Morgan fingerprint density at radius 3 is 2.36 bits per heavy atom. The summed E-state index contributed by atoms with van der Waals surface area (Å²) >= 11 is 0. The number of carbonyl (C=O) groups excluding carboxylic acids is 3. The van der Waals surface area contributed by atoms with Crippen LogP contribution in [0, 0.1) is 0 Å². The van der Waals surface area contributed by atoms with Gasteiger partial charge < -0.3 is 28.4 Å². The number of ether oxygens (including phenoxy) is 7. The molecule has 11 heteroatoms. The molecule has 0 aliphatic carbocycles. The molecule has 3 heterocycles. The molecular weight excluding hydrogens is 438 g/mol. The Labute approximate surface area is 190 Å². The quantitative estimate of drug-likeness (QED) is 0.409. The van der Waals surface area contributed by atoms with E-state index in [4.69, 9.17) is 33.2 Å². The molecule has 2 saturated heterocycles. The summed E-state index contributed by atoms with van der Waals surface area (Å²) in [5, 5.41) is 0. The maximum absolute atomic E-state index is 11.8. The van der Waals surface area contributed by atoms with Crippen molar-refractivity contribution in [1.82, 2.24) is 4.98 Å². The second kappa shape index (κ2) is 10.4. The first kappa shape index (κ1) is 24.8. The van der Waals surface area contributed by atoms with Crippen LogP contribution in [0.5, 0.6) is 0 Å². The van der Waals surface area contributed by atoms with Gasteiger partial charge in [0.25, 0.3) is 5.97 Å². The summed E-state index contributed by atoms with van der Waals surface area (Å²) in [7, 11) is 0. The highest BCUT2D eigenvalue weighted by Gasteiger charge is 2.59. The Hall–Kier alpha value is -2.86. The van der Waals surface area contributed by atoms with E-state index in [1.54, 1.807) is 18.3 Å². The number of pyridine rings is 1. The van der Waals surface area contributed by atoms with E-state index in [1.165, 1.54) is 27.7 Å². The Kier molecular flexibility index (Phi) is 7.80. The molecule has 0 radical (unpaired) electrons. The van der Waals surface area contributed by atoms with E-state index in [1.807, 2.05) is 6.07 Å². The zero-order chi connectivity index (χ0) is 24.2. The minimum atomic E-state index is -1.57. The fourth-order valence-corrected chi connectivity index (χ4v) is 3.50. The summed E-state index contributed by atoms with van der Waals surface area (Å²) < 4.78 is 39.3. The van der Waals surface area contributed by atoms with Crippen molar-refractivity contribution in [3.8, 4) is 0 Å². The molecule has 180 valence electrons. The average Bonchev–Trinajstić information content (AvgIpc) is 3.09. The van der Waals surface area contributed by atoms with Crippen molar-refractivity contribution < 1.29 is 47.5 Å². The molecule has 2 aliphatic rings. The van der Waals surface area contributed by atoms with E-state index in [9.17, 15) is 14.4 Å². The molecule has 3 rings (SSSR count). The second-order valence-electron chi connectivity index (χ2n) is 7.64. The van der Waals surface area contributed by atoms with Gasteiger partial charge in [0, 0.05) is 33.9 Å². The second-order valence-corrected chi connectivity index (χ2v) is 7.64. The number of fused-ring (bicyclic) bond motifs is 1. The van der Waals surface area contributed by atoms with Crippen LogP contribution in [0.1, 0.15) is 39.0 Å². The van der Waals surface area contributed by atoms with Gasteiger partial charge in [-0.3, -0.25) is 24.1 Å². The highest BCUT2D eigenvalue weighted by Crippen LogP contribution is 2.40. The van der Waals surface area contributed by atoms with Crippen LogP contribution in [0.15, 0.2) is 24.9 Å². The first-order valence-corrected chi connectivity index (χ1v) is 10.3. The van der Waals surface area contributed by atoms with Gasteiger partial charge in [-0.15, -0.1) is 0 Å². The summed E-state index contributed by atoms with van der Waals surface area (Å²) in [5.74, 6) is -3.39. The third-order valence-corrected chi connectivity index (χ3v) is 4.88. The third-order valence-electron chi connectivity index (χ3n) is 4.88.